The number of aromatic nitrogens is 2. The molecule has 1 saturated heterocycles. The van der Waals surface area contributed by atoms with Crippen LogP contribution in [-0.4, -0.2) is 156 Å². The number of carbonyl (C=O) groups is 2. The van der Waals surface area contributed by atoms with Gasteiger partial charge >= 0.3 is 0 Å². The fourth-order valence-corrected chi connectivity index (χ4v) is 8.86. The van der Waals surface area contributed by atoms with Crippen LogP contribution in [0.3, 0.4) is 0 Å². The smallest absolute Gasteiger partial charge is 0.241 e. The normalized spacial score (nSPS) is 17.4. The van der Waals surface area contributed by atoms with E-state index in [9.17, 15) is 14.0 Å². The molecule has 5 aromatic rings. The maximum absolute atomic E-state index is 14.1. The lowest BCUT2D eigenvalue weighted by atomic mass is 9.91. The van der Waals surface area contributed by atoms with Gasteiger partial charge in [0.05, 0.1) is 76.7 Å². The zero-order valence-corrected chi connectivity index (χ0v) is 40.1. The minimum Gasteiger partial charge on any atom is -0.378 e. The number of pyridine rings is 2. The number of piperazine rings is 1. The van der Waals surface area contributed by atoms with Gasteiger partial charge in [-0.1, -0.05) is 62.4 Å². The highest BCUT2D eigenvalue weighted by Crippen LogP contribution is 2.40. The number of hydrogen-bond acceptors (Lipinski definition) is 12. The van der Waals surface area contributed by atoms with Crippen LogP contribution in [0.4, 0.5) is 15.8 Å². The van der Waals surface area contributed by atoms with Gasteiger partial charge in [0.2, 0.25) is 11.8 Å². The van der Waals surface area contributed by atoms with E-state index in [-0.39, 0.29) is 41.0 Å². The minimum absolute atomic E-state index is 0.0742. The predicted octanol–water partition coefficient (Wildman–Crippen LogP) is 5.66. The maximum Gasteiger partial charge on any atom is 0.241 e. The third-order valence-corrected chi connectivity index (χ3v) is 12.6. The fraction of sp³-hybridized carbons (Fsp3) is 0.472. The molecule has 0 spiro atoms. The lowest BCUT2D eigenvalue weighted by Gasteiger charge is -2.41. The van der Waals surface area contributed by atoms with Crippen molar-refractivity contribution in [3.63, 3.8) is 0 Å². The molecule has 2 aliphatic rings. The molecule has 2 amide bonds. The van der Waals surface area contributed by atoms with Crippen molar-refractivity contribution in [3.05, 3.63) is 132 Å². The lowest BCUT2D eigenvalue weighted by molar-refractivity contribution is -0.121. The summed E-state index contributed by atoms with van der Waals surface area (Å²) in [5.41, 5.74) is 5.24. The Morgan fingerprint density at radius 1 is 0.868 bits per heavy atom. The summed E-state index contributed by atoms with van der Waals surface area (Å²) in [5.74, 6) is -0.618. The first-order chi connectivity index (χ1) is 33.0. The van der Waals surface area contributed by atoms with E-state index in [0.29, 0.717) is 85.5 Å². The van der Waals surface area contributed by atoms with Gasteiger partial charge in [-0.15, -0.1) is 0 Å². The topological polar surface area (TPSA) is 143 Å². The molecule has 7 rings (SSSR count). The van der Waals surface area contributed by atoms with Crippen LogP contribution >= 0.6 is 0 Å². The van der Waals surface area contributed by atoms with Gasteiger partial charge in [0.1, 0.15) is 5.82 Å². The van der Waals surface area contributed by atoms with Crippen LogP contribution in [0.5, 0.6) is 0 Å². The van der Waals surface area contributed by atoms with Crippen molar-refractivity contribution in [2.45, 2.75) is 50.6 Å². The van der Waals surface area contributed by atoms with Crippen LogP contribution in [0.15, 0.2) is 104 Å². The molecular weight excluding hydrogens is 864 g/mol. The Morgan fingerprint density at radius 2 is 1.59 bits per heavy atom. The zero-order chi connectivity index (χ0) is 47.7. The van der Waals surface area contributed by atoms with E-state index in [0.717, 1.165) is 70.7 Å². The molecule has 364 valence electrons. The molecule has 1 fully saturated rings. The van der Waals surface area contributed by atoms with E-state index < -0.39 is 0 Å². The Bertz CT molecular complexity index is 2360. The second-order valence-electron chi connectivity index (χ2n) is 18.6. The van der Waals surface area contributed by atoms with Crippen molar-refractivity contribution in [2.24, 2.45) is 0 Å². The van der Waals surface area contributed by atoms with Crippen LogP contribution in [0.1, 0.15) is 49.1 Å². The van der Waals surface area contributed by atoms with E-state index in [1.807, 2.05) is 71.9 Å². The molecule has 4 heterocycles. The Hall–Kier alpha value is -5.23. The standard InChI is InChI=1S/C53H69FN8O6/c1-39-35-61(37-50(63)62-38-53(2,3)51-49(62)29-41(31-58-51)28-40-10-13-45(54)14-11-40)47(33-57-39)36-60(4)19-21-66-23-25-68-27-26-67-24-22-65-20-18-56-34-48(42-8-6-5-7-9-42)52(64)59-46-15-12-44-32-55-17-16-43(44)30-46/h5-17,29-32,39,47-48,56-57H,18-28,33-38H2,1-4H3,(H,59,64)/t39-,47-,48-/m1/s1. The summed E-state index contributed by atoms with van der Waals surface area (Å²) in [6.45, 7) is 15.5. The lowest BCUT2D eigenvalue weighted by Crippen LogP contribution is -2.60. The first kappa shape index (κ1) is 50.6. The van der Waals surface area contributed by atoms with Crippen LogP contribution in [0.25, 0.3) is 10.8 Å². The maximum atomic E-state index is 14.1. The molecule has 3 N–H and O–H groups in total. The van der Waals surface area contributed by atoms with E-state index >= 15 is 0 Å². The van der Waals surface area contributed by atoms with Crippen molar-refractivity contribution in [2.75, 3.05) is 122 Å². The number of anilines is 2. The highest BCUT2D eigenvalue weighted by atomic mass is 19.1. The SMILES string of the molecule is C[C@@H]1CN(CC(=O)N2CC(C)(C)c3ncc(Cc4ccc(F)cc4)cc32)[C@@H](CN(C)CCOCCOCCOCCOCCNC[C@@H](C(=O)Nc2ccc3cnccc3c2)c2ccccc2)CN1. The summed E-state index contributed by atoms with van der Waals surface area (Å²) < 4.78 is 36.6. The summed E-state index contributed by atoms with van der Waals surface area (Å²) in [5, 5.41) is 12.1. The second-order valence-corrected chi connectivity index (χ2v) is 18.6. The summed E-state index contributed by atoms with van der Waals surface area (Å²) in [6.07, 6.45) is 6.06. The molecule has 3 atom stereocenters. The van der Waals surface area contributed by atoms with E-state index in [2.05, 4.69) is 64.6 Å². The van der Waals surface area contributed by atoms with Crippen LogP contribution in [0, 0.1) is 5.82 Å². The molecule has 0 bridgehead atoms. The fourth-order valence-electron chi connectivity index (χ4n) is 8.86. The van der Waals surface area contributed by atoms with Crippen LogP contribution in [-0.2, 0) is 40.4 Å². The average Bonchev–Trinajstić information content (AvgIpc) is 3.61. The third-order valence-electron chi connectivity index (χ3n) is 12.6. The van der Waals surface area contributed by atoms with Gasteiger partial charge in [0.15, 0.2) is 0 Å². The number of fused-ring (bicyclic) bond motifs is 2. The summed E-state index contributed by atoms with van der Waals surface area (Å²) in [4.78, 5) is 43.0. The molecule has 3 aromatic carbocycles. The van der Waals surface area contributed by atoms with E-state index in [1.165, 1.54) is 12.1 Å². The zero-order valence-electron chi connectivity index (χ0n) is 40.1. The summed E-state index contributed by atoms with van der Waals surface area (Å²) in [6, 6.07) is 26.6. The number of benzene rings is 3. The average molecular weight is 933 g/mol. The van der Waals surface area contributed by atoms with Crippen molar-refractivity contribution in [1.29, 1.82) is 0 Å². The number of likely N-dealkylation sites (N-methyl/N-ethyl adjacent to an activating group) is 1. The number of rotatable bonds is 26. The number of nitrogens with one attached hydrogen (secondary N) is 3. The van der Waals surface area contributed by atoms with Crippen molar-refractivity contribution in [1.82, 2.24) is 30.4 Å². The number of carbonyl (C=O) groups excluding carboxylic acids is 2. The molecule has 68 heavy (non-hydrogen) atoms. The predicted molar refractivity (Wildman–Crippen MR) is 265 cm³/mol. The molecule has 14 nitrogen and oxygen atoms in total. The van der Waals surface area contributed by atoms with Crippen LogP contribution < -0.4 is 20.9 Å². The Balaban J connectivity index is 0.722. The quantitative estimate of drug-likeness (QED) is 0.0590. The summed E-state index contributed by atoms with van der Waals surface area (Å²) in [7, 11) is 2.10. The van der Waals surface area contributed by atoms with Crippen molar-refractivity contribution >= 4 is 34.0 Å². The molecule has 2 aromatic heterocycles. The molecule has 2 aliphatic heterocycles. The molecule has 15 heteroatoms. The molecule has 0 aliphatic carbocycles. The second kappa shape index (κ2) is 25.4. The van der Waals surface area contributed by atoms with Gasteiger partial charge in [0.25, 0.3) is 0 Å². The highest BCUT2D eigenvalue weighted by molar-refractivity contribution is 5.98. The molecule has 0 unspecified atom stereocenters. The highest BCUT2D eigenvalue weighted by Gasteiger charge is 2.41. The molecule has 0 radical (unpaired) electrons. The number of nitrogens with zero attached hydrogens (tertiary/aromatic N) is 5. The third kappa shape index (κ3) is 14.9. The summed E-state index contributed by atoms with van der Waals surface area (Å²) >= 11 is 0. The first-order valence-electron chi connectivity index (χ1n) is 23.9. The Labute approximate surface area is 400 Å². The van der Waals surface area contributed by atoms with E-state index in [4.69, 9.17) is 23.9 Å². The Morgan fingerprint density at radius 3 is 2.34 bits per heavy atom. The largest absolute Gasteiger partial charge is 0.378 e. The van der Waals surface area contributed by atoms with Crippen LogP contribution in [0.2, 0.25) is 0 Å². The van der Waals surface area contributed by atoms with E-state index in [1.54, 1.807) is 18.3 Å². The number of amides is 2. The van der Waals surface area contributed by atoms with Gasteiger partial charge in [-0.25, -0.2) is 4.39 Å². The van der Waals surface area contributed by atoms with Gasteiger partial charge in [-0.3, -0.25) is 24.5 Å². The van der Waals surface area contributed by atoms with Gasteiger partial charge in [-0.2, -0.15) is 0 Å². The number of hydrogen-bond donors (Lipinski definition) is 3. The monoisotopic (exact) mass is 933 g/mol. The molecular formula is C53H69FN8O6. The molecule has 0 saturated carbocycles. The number of ether oxygens (including phenoxy) is 4. The van der Waals surface area contributed by atoms with Gasteiger partial charge < -0.3 is 44.7 Å². The number of halogens is 1. The van der Waals surface area contributed by atoms with Gasteiger partial charge in [-0.05, 0) is 78.9 Å². The Kier molecular flexibility index (Phi) is 18.9. The van der Waals surface area contributed by atoms with Crippen molar-refractivity contribution in [3.8, 4) is 0 Å². The minimum atomic E-state index is -0.366. The van der Waals surface area contributed by atoms with Gasteiger partial charge in [0, 0.05) is 93.0 Å². The first-order valence-corrected chi connectivity index (χ1v) is 23.9. The van der Waals surface area contributed by atoms with Crippen molar-refractivity contribution < 1.29 is 32.9 Å².